The molecule has 13 rings (SSSR count). The summed E-state index contributed by atoms with van der Waals surface area (Å²) in [5.74, 6) is 0. The topological polar surface area (TPSA) is 0 Å². The van der Waals surface area contributed by atoms with Crippen molar-refractivity contribution >= 4 is 248 Å². The molecule has 0 aromatic carbocycles. The standard InChI is InChI=1S/C48H32Ge4S12/c1-9-33(53-25-1)49(34-10-2-26-54-34)41-17-19-43(61-41)50(35-11-3-27-55-35,36-12-4-28-56-36)45-21-23-47(63-45)52(39-15-7-31-59-39,40-16-8-32-60-40)48-24-22-46(64-48)51(37-13-5-29-57-37,38-14-6-30-58-38)44-20-18-42(49)62-44/h1-32H. The zero-order valence-corrected chi connectivity index (χ0v) is 51.6. The molecule has 0 radical (unpaired) electrons. The molecule has 0 amide bonds. The van der Waals surface area contributed by atoms with Crippen LogP contribution in [0, 0.1) is 0 Å². The summed E-state index contributed by atoms with van der Waals surface area (Å²) in [5, 5.41) is 18.7. The van der Waals surface area contributed by atoms with Gasteiger partial charge >= 0.3 is 437 Å². The summed E-state index contributed by atoms with van der Waals surface area (Å²) in [5.41, 5.74) is 0. The molecule has 0 saturated carbocycles. The van der Waals surface area contributed by atoms with Crippen molar-refractivity contribution in [2.45, 2.75) is 0 Å². The third-order valence-electron chi connectivity index (χ3n) is 12.5. The van der Waals surface area contributed by atoms with Crippen LogP contribution >= 0.6 is 136 Å². The summed E-state index contributed by atoms with van der Waals surface area (Å²) in [4.78, 5) is 0. The van der Waals surface area contributed by atoms with E-state index in [0.29, 0.717) is 0 Å². The van der Waals surface area contributed by atoms with Crippen molar-refractivity contribution in [2.24, 2.45) is 0 Å². The second-order valence-electron chi connectivity index (χ2n) is 15.5. The Morgan fingerprint density at radius 1 is 0.172 bits per heavy atom. The number of hydrogen-bond donors (Lipinski definition) is 0. The Bertz CT molecular complexity index is 2720. The molecular formula is C48H32Ge4S12. The predicted octanol–water partition coefficient (Wildman–Crippen LogP) is 6.25. The van der Waals surface area contributed by atoms with E-state index in [-0.39, 0.29) is 0 Å². The Balaban J connectivity index is 1.22. The van der Waals surface area contributed by atoms with Crippen molar-refractivity contribution in [3.8, 4) is 0 Å². The van der Waals surface area contributed by atoms with Gasteiger partial charge in [-0.1, -0.05) is 0 Å². The van der Waals surface area contributed by atoms with Crippen molar-refractivity contribution in [1.82, 2.24) is 0 Å². The molecular weight excluding hydrogens is 1250 g/mol. The van der Waals surface area contributed by atoms with Gasteiger partial charge in [-0.2, -0.15) is 0 Å². The summed E-state index contributed by atoms with van der Waals surface area (Å²) in [6.45, 7) is 0. The molecule has 0 atom stereocenters. The normalized spacial score (nSPS) is 16.0. The number of thiophene rings is 12. The molecule has 16 heteroatoms. The van der Waals surface area contributed by atoms with E-state index in [0.717, 1.165) is 0 Å². The summed E-state index contributed by atoms with van der Waals surface area (Å²) in [6.07, 6.45) is 0. The van der Waals surface area contributed by atoms with Crippen LogP contribution in [0.3, 0.4) is 0 Å². The molecule has 0 N–H and O–H groups in total. The molecule has 0 saturated heterocycles. The van der Waals surface area contributed by atoms with Gasteiger partial charge in [0.05, 0.1) is 0 Å². The molecule has 0 unspecified atom stereocenters. The van der Waals surface area contributed by atoms with E-state index in [1.807, 2.05) is 90.7 Å². The van der Waals surface area contributed by atoms with Gasteiger partial charge in [0.15, 0.2) is 0 Å². The van der Waals surface area contributed by atoms with E-state index >= 15 is 0 Å². The molecule has 13 heterocycles. The maximum absolute atomic E-state index is 3.56. The van der Waals surface area contributed by atoms with Crippen LogP contribution in [0.15, 0.2) is 189 Å². The summed E-state index contributed by atoms with van der Waals surface area (Å²) < 4.78 is 25.6. The fourth-order valence-electron chi connectivity index (χ4n) is 9.81. The average molecular weight is 1280 g/mol. The van der Waals surface area contributed by atoms with Gasteiger partial charge in [-0.3, -0.25) is 0 Å². The van der Waals surface area contributed by atoms with Crippen molar-refractivity contribution in [2.75, 3.05) is 0 Å². The van der Waals surface area contributed by atoms with Gasteiger partial charge in [-0.05, 0) is 0 Å². The maximum atomic E-state index is 2.64. The first-order valence-corrected chi connectivity index (χ1v) is 47.5. The quantitative estimate of drug-likeness (QED) is 0.158. The summed E-state index contributed by atoms with van der Waals surface area (Å²) in [6, 6.07) is 59.7. The number of fused-ring (bicyclic) bond motifs is 8. The van der Waals surface area contributed by atoms with Gasteiger partial charge in [0.2, 0.25) is 0 Å². The SMILES string of the molecule is c1cs[c]([Ge]2([c]3cccs3)[c]3cc[c](s3)[Ge]([c]3cccs3)([c]3cccs3)[c]3cc[c](s3)[Ge]([c]3cccs3)([c]3cccs3)[c]3cc[c](s3)[Ge]([c]3cccs3)([c]3cccs3)[c]3cc[c]2s3)c1. The molecule has 0 nitrogen and oxygen atoms in total. The van der Waals surface area contributed by atoms with Crippen LogP contribution in [0.2, 0.25) is 0 Å². The van der Waals surface area contributed by atoms with Crippen LogP contribution in [0.4, 0.5) is 0 Å². The summed E-state index contributed by atoms with van der Waals surface area (Å²) in [7, 11) is 0. The van der Waals surface area contributed by atoms with E-state index in [4.69, 9.17) is 0 Å². The van der Waals surface area contributed by atoms with E-state index in [1.165, 1.54) is 0 Å². The van der Waals surface area contributed by atoms with Gasteiger partial charge in [0.1, 0.15) is 0 Å². The van der Waals surface area contributed by atoms with E-state index in [2.05, 4.69) is 234 Å². The molecule has 0 spiro atoms. The molecule has 312 valence electrons. The molecule has 0 fully saturated rings. The fourth-order valence-corrected chi connectivity index (χ4v) is 108. The van der Waals surface area contributed by atoms with Gasteiger partial charge < -0.3 is 0 Å². The third-order valence-corrected chi connectivity index (χ3v) is 87.8. The molecule has 8 bridgehead atoms. The number of hydrogen-bond acceptors (Lipinski definition) is 12. The van der Waals surface area contributed by atoms with E-state index in [1.54, 1.807) is 59.4 Å². The van der Waals surface area contributed by atoms with Gasteiger partial charge in [-0.15, -0.1) is 0 Å². The monoisotopic (exact) mass is 1290 g/mol. The molecule has 64 heavy (non-hydrogen) atoms. The van der Waals surface area contributed by atoms with Gasteiger partial charge in [-0.25, -0.2) is 0 Å². The Labute approximate surface area is 430 Å². The third kappa shape index (κ3) is 6.18. The molecule has 0 aliphatic carbocycles. The van der Waals surface area contributed by atoms with E-state index < -0.39 is 53.1 Å². The minimum atomic E-state index is -3.56. The molecule has 1 aliphatic heterocycles. The molecule has 12 aromatic rings. The van der Waals surface area contributed by atoms with Crippen molar-refractivity contribution < 1.29 is 0 Å². The Morgan fingerprint density at radius 2 is 0.312 bits per heavy atom. The minimum absolute atomic E-state index is 1.59. The van der Waals surface area contributed by atoms with E-state index in [9.17, 15) is 0 Å². The number of rotatable bonds is 8. The molecule has 1 aliphatic rings. The second kappa shape index (κ2) is 17.2. The van der Waals surface area contributed by atoms with Crippen LogP contribution < -0.4 is 59.4 Å². The first-order valence-electron chi connectivity index (χ1n) is 20.4. The van der Waals surface area contributed by atoms with Crippen LogP contribution in [0.25, 0.3) is 0 Å². The van der Waals surface area contributed by atoms with Crippen LogP contribution in [-0.4, -0.2) is 53.1 Å². The van der Waals surface area contributed by atoms with Crippen LogP contribution in [0.5, 0.6) is 0 Å². The fraction of sp³-hybridized carbons (Fsp3) is 0. The zero-order chi connectivity index (χ0) is 42.4. The van der Waals surface area contributed by atoms with Crippen LogP contribution in [0.1, 0.15) is 0 Å². The van der Waals surface area contributed by atoms with Gasteiger partial charge in [0.25, 0.3) is 0 Å². The second-order valence-corrected chi connectivity index (χ2v) is 70.2. The zero-order valence-electron chi connectivity index (χ0n) is 33.4. The Morgan fingerprint density at radius 3 is 0.422 bits per heavy atom. The average Bonchev–Trinajstić information content (AvgIpc) is 4.17. The Kier molecular flexibility index (Phi) is 11.5. The first kappa shape index (κ1) is 42.7. The van der Waals surface area contributed by atoms with Crippen molar-refractivity contribution in [3.05, 3.63) is 189 Å². The molecule has 12 aromatic heterocycles. The summed E-state index contributed by atoms with van der Waals surface area (Å²) >= 11 is 10.6. The van der Waals surface area contributed by atoms with Crippen LogP contribution in [-0.2, 0) is 0 Å². The predicted molar refractivity (Wildman–Crippen MR) is 309 cm³/mol. The first-order chi connectivity index (χ1) is 31.7. The Hall–Kier alpha value is -1.43. The van der Waals surface area contributed by atoms with Crippen molar-refractivity contribution in [1.29, 1.82) is 0 Å². The van der Waals surface area contributed by atoms with Crippen molar-refractivity contribution in [3.63, 3.8) is 0 Å². The van der Waals surface area contributed by atoms with Gasteiger partial charge in [0, 0.05) is 0 Å².